The largest absolute Gasteiger partial charge is 0.461 e. The van der Waals surface area contributed by atoms with Gasteiger partial charge in [-0.1, -0.05) is 6.92 Å². The number of hydrogen-bond donors (Lipinski definition) is 1. The van der Waals surface area contributed by atoms with Crippen molar-refractivity contribution in [1.29, 1.82) is 0 Å². The summed E-state index contributed by atoms with van der Waals surface area (Å²) in [4.78, 5) is 12.5. The maximum atomic E-state index is 12.5. The summed E-state index contributed by atoms with van der Waals surface area (Å²) < 4.78 is 7.56. The van der Waals surface area contributed by atoms with Crippen molar-refractivity contribution in [2.24, 2.45) is 0 Å². The number of carbonyl (C=O) groups excluding carboxylic acids is 1. The zero-order valence-corrected chi connectivity index (χ0v) is 14.6. The molecule has 0 spiro atoms. The van der Waals surface area contributed by atoms with Crippen molar-refractivity contribution in [3.8, 4) is 0 Å². The number of furan rings is 1. The predicted molar refractivity (Wildman–Crippen MR) is 94.1 cm³/mol. The number of amides is 1. The van der Waals surface area contributed by atoms with E-state index in [0.717, 1.165) is 46.6 Å². The summed E-state index contributed by atoms with van der Waals surface area (Å²) in [6, 6.07) is 7.43. The molecule has 0 aliphatic carbocycles. The van der Waals surface area contributed by atoms with Gasteiger partial charge in [-0.2, -0.15) is 5.10 Å². The first-order chi connectivity index (χ1) is 11.5. The standard InChI is InChI=1S/C19H23N3O2/c1-5-8-22-14(4)17(13(3)21-22)11-20-19(23)15-6-7-18-16(10-15)9-12(2)24-18/h6-7,9-10H,5,8,11H2,1-4H3,(H,20,23). The molecule has 0 bridgehead atoms. The lowest BCUT2D eigenvalue weighted by Gasteiger charge is -2.07. The second-order valence-corrected chi connectivity index (χ2v) is 6.16. The molecule has 5 heteroatoms. The minimum absolute atomic E-state index is 0.0854. The van der Waals surface area contributed by atoms with E-state index in [0.29, 0.717) is 12.1 Å². The third-order valence-electron chi connectivity index (χ3n) is 4.29. The lowest BCUT2D eigenvalue weighted by molar-refractivity contribution is 0.0951. The van der Waals surface area contributed by atoms with E-state index in [1.165, 1.54) is 0 Å². The van der Waals surface area contributed by atoms with E-state index >= 15 is 0 Å². The van der Waals surface area contributed by atoms with Crippen LogP contribution in [0.4, 0.5) is 0 Å². The van der Waals surface area contributed by atoms with Gasteiger partial charge in [0.05, 0.1) is 5.69 Å². The predicted octanol–water partition coefficient (Wildman–Crippen LogP) is 3.89. The van der Waals surface area contributed by atoms with Gasteiger partial charge in [-0.3, -0.25) is 9.48 Å². The Bertz CT molecular complexity index is 890. The average molecular weight is 325 g/mol. The zero-order valence-electron chi connectivity index (χ0n) is 14.6. The molecule has 0 unspecified atom stereocenters. The number of rotatable bonds is 5. The van der Waals surface area contributed by atoms with Gasteiger partial charge in [0, 0.05) is 35.3 Å². The Kier molecular flexibility index (Phi) is 4.42. The van der Waals surface area contributed by atoms with Crippen LogP contribution in [0.1, 0.15) is 46.4 Å². The van der Waals surface area contributed by atoms with E-state index in [2.05, 4.69) is 24.3 Å². The second-order valence-electron chi connectivity index (χ2n) is 6.16. The average Bonchev–Trinajstić information content (AvgIpc) is 3.04. The van der Waals surface area contributed by atoms with Gasteiger partial charge < -0.3 is 9.73 Å². The molecule has 2 aromatic heterocycles. The number of benzene rings is 1. The van der Waals surface area contributed by atoms with Gasteiger partial charge in [-0.15, -0.1) is 0 Å². The molecular weight excluding hydrogens is 302 g/mol. The summed E-state index contributed by atoms with van der Waals surface area (Å²) in [7, 11) is 0. The Morgan fingerprint density at radius 2 is 2.04 bits per heavy atom. The van der Waals surface area contributed by atoms with Crippen LogP contribution in [0.15, 0.2) is 28.7 Å². The highest BCUT2D eigenvalue weighted by Gasteiger charge is 2.13. The molecule has 3 aromatic rings. The number of nitrogens with one attached hydrogen (secondary N) is 1. The fourth-order valence-electron chi connectivity index (χ4n) is 3.01. The van der Waals surface area contributed by atoms with Crippen LogP contribution in [-0.2, 0) is 13.1 Å². The second kappa shape index (κ2) is 6.51. The van der Waals surface area contributed by atoms with Crippen LogP contribution < -0.4 is 5.32 Å². The number of hydrogen-bond acceptors (Lipinski definition) is 3. The van der Waals surface area contributed by atoms with Crippen LogP contribution in [-0.4, -0.2) is 15.7 Å². The van der Waals surface area contributed by atoms with Crippen molar-refractivity contribution in [2.75, 3.05) is 0 Å². The molecule has 0 aliphatic rings. The number of nitrogens with zero attached hydrogens (tertiary/aromatic N) is 2. The van der Waals surface area contributed by atoms with Crippen molar-refractivity contribution in [2.45, 2.75) is 47.2 Å². The molecule has 1 amide bonds. The number of fused-ring (bicyclic) bond motifs is 1. The van der Waals surface area contributed by atoms with Gasteiger partial charge in [0.25, 0.3) is 5.91 Å². The third kappa shape index (κ3) is 3.07. The highest BCUT2D eigenvalue weighted by Crippen LogP contribution is 2.20. The number of carbonyl (C=O) groups is 1. The molecule has 24 heavy (non-hydrogen) atoms. The molecule has 126 valence electrons. The van der Waals surface area contributed by atoms with Crippen molar-refractivity contribution >= 4 is 16.9 Å². The summed E-state index contributed by atoms with van der Waals surface area (Å²) >= 11 is 0. The smallest absolute Gasteiger partial charge is 0.251 e. The zero-order chi connectivity index (χ0) is 17.3. The normalized spacial score (nSPS) is 11.2. The first kappa shape index (κ1) is 16.3. The highest BCUT2D eigenvalue weighted by atomic mass is 16.3. The molecule has 5 nitrogen and oxygen atoms in total. The van der Waals surface area contributed by atoms with Gasteiger partial charge in [-0.05, 0) is 51.5 Å². The Hall–Kier alpha value is -2.56. The maximum absolute atomic E-state index is 12.5. The molecule has 0 saturated heterocycles. The summed E-state index contributed by atoms with van der Waals surface area (Å²) in [5, 5.41) is 8.50. The molecule has 2 heterocycles. The topological polar surface area (TPSA) is 60.1 Å². The lowest BCUT2D eigenvalue weighted by Crippen LogP contribution is -2.23. The molecule has 1 aromatic carbocycles. The van der Waals surface area contributed by atoms with Crippen LogP contribution in [0.25, 0.3) is 11.0 Å². The van der Waals surface area contributed by atoms with E-state index in [1.54, 1.807) is 6.07 Å². The monoisotopic (exact) mass is 325 g/mol. The van der Waals surface area contributed by atoms with Crippen LogP contribution in [0.5, 0.6) is 0 Å². The van der Waals surface area contributed by atoms with Crippen LogP contribution in [0.3, 0.4) is 0 Å². The third-order valence-corrected chi connectivity index (χ3v) is 4.29. The van der Waals surface area contributed by atoms with E-state index in [-0.39, 0.29) is 5.91 Å². The van der Waals surface area contributed by atoms with Crippen molar-refractivity contribution in [1.82, 2.24) is 15.1 Å². The molecule has 0 aliphatic heterocycles. The molecule has 0 saturated carbocycles. The van der Waals surface area contributed by atoms with Crippen molar-refractivity contribution in [3.63, 3.8) is 0 Å². The van der Waals surface area contributed by atoms with E-state index in [9.17, 15) is 4.79 Å². The van der Waals surface area contributed by atoms with Crippen LogP contribution >= 0.6 is 0 Å². The van der Waals surface area contributed by atoms with Gasteiger partial charge in [0.1, 0.15) is 11.3 Å². The quantitative estimate of drug-likeness (QED) is 0.774. The Labute approximate surface area is 141 Å². The lowest BCUT2D eigenvalue weighted by atomic mass is 10.1. The molecular formula is C19H23N3O2. The summed E-state index contributed by atoms with van der Waals surface area (Å²) in [5.41, 5.74) is 4.63. The van der Waals surface area contributed by atoms with Gasteiger partial charge in [0.15, 0.2) is 0 Å². The minimum Gasteiger partial charge on any atom is -0.461 e. The summed E-state index contributed by atoms with van der Waals surface area (Å²) in [5.74, 6) is 0.759. The fourth-order valence-corrected chi connectivity index (χ4v) is 3.01. The summed E-state index contributed by atoms with van der Waals surface area (Å²) in [6.45, 7) is 9.46. The summed E-state index contributed by atoms with van der Waals surface area (Å²) in [6.07, 6.45) is 1.04. The minimum atomic E-state index is -0.0854. The van der Waals surface area contributed by atoms with Gasteiger partial charge in [0.2, 0.25) is 0 Å². The Morgan fingerprint density at radius 1 is 1.25 bits per heavy atom. The first-order valence-corrected chi connectivity index (χ1v) is 8.31. The van der Waals surface area contributed by atoms with Crippen molar-refractivity contribution in [3.05, 3.63) is 52.5 Å². The molecule has 0 radical (unpaired) electrons. The Morgan fingerprint density at radius 3 is 2.79 bits per heavy atom. The van der Waals surface area contributed by atoms with Gasteiger partial charge in [-0.25, -0.2) is 0 Å². The Balaban J connectivity index is 1.75. The van der Waals surface area contributed by atoms with E-state index < -0.39 is 0 Å². The van der Waals surface area contributed by atoms with E-state index in [1.807, 2.05) is 36.7 Å². The first-order valence-electron chi connectivity index (χ1n) is 8.31. The van der Waals surface area contributed by atoms with Gasteiger partial charge >= 0.3 is 0 Å². The molecule has 3 rings (SSSR count). The molecule has 0 atom stereocenters. The van der Waals surface area contributed by atoms with Crippen molar-refractivity contribution < 1.29 is 9.21 Å². The van der Waals surface area contributed by atoms with E-state index in [4.69, 9.17) is 4.42 Å². The number of aryl methyl sites for hydroxylation is 3. The van der Waals surface area contributed by atoms with Crippen LogP contribution in [0.2, 0.25) is 0 Å². The SMILES string of the molecule is CCCn1nc(C)c(CNC(=O)c2ccc3oc(C)cc3c2)c1C. The molecule has 0 fully saturated rings. The maximum Gasteiger partial charge on any atom is 0.251 e. The fraction of sp³-hybridized carbons (Fsp3) is 0.368. The molecule has 1 N–H and O–H groups in total. The van der Waals surface area contributed by atoms with Crippen LogP contribution in [0, 0.1) is 20.8 Å². The highest BCUT2D eigenvalue weighted by molar-refractivity contribution is 5.97. The number of aromatic nitrogens is 2.